The lowest BCUT2D eigenvalue weighted by Gasteiger charge is -2.22. The predicted octanol–water partition coefficient (Wildman–Crippen LogP) is 0.358. The quantitative estimate of drug-likeness (QED) is 0.452. The maximum Gasteiger partial charge on any atom is 0.350 e. The molecule has 1 rings (SSSR count). The second-order valence-electron chi connectivity index (χ2n) is 5.55. The van der Waals surface area contributed by atoms with Gasteiger partial charge in [0.2, 0.25) is 0 Å². The molecule has 1 aromatic rings. The van der Waals surface area contributed by atoms with Crippen LogP contribution in [0, 0.1) is 10.1 Å². The number of nitrogens with zero attached hydrogens (tertiary/aromatic N) is 3. The largest absolute Gasteiger partial charge is 0.458 e. The monoisotopic (exact) mass is 299 g/mol. The zero-order valence-electron chi connectivity index (χ0n) is 12.4. The minimum absolute atomic E-state index is 0.520. The molecule has 0 spiro atoms. The van der Waals surface area contributed by atoms with Crippen LogP contribution in [-0.4, -0.2) is 25.6 Å². The molecular weight excluding hydrogens is 282 g/mol. The van der Waals surface area contributed by atoms with Crippen LogP contribution >= 0.6 is 0 Å². The Hall–Kier alpha value is -2.45. The highest BCUT2D eigenvalue weighted by Gasteiger charge is 2.28. The average Bonchev–Trinajstić information content (AvgIpc) is 2.31. The number of hydrogen-bond acceptors (Lipinski definition) is 6. The molecule has 0 aliphatic rings. The van der Waals surface area contributed by atoms with Crippen molar-refractivity contribution < 1.29 is 14.5 Å². The fraction of sp³-hybridized carbons (Fsp3) is 0.583. The SMILES string of the molecule is CC(C(=O)OC(C)(C)C)n1c(=O)c([N+](=O)[O-])cn(C)c1=O. The maximum atomic E-state index is 12.0. The molecule has 1 heterocycles. The van der Waals surface area contributed by atoms with Crippen molar-refractivity contribution in [3.8, 4) is 0 Å². The van der Waals surface area contributed by atoms with Crippen LogP contribution in [0.15, 0.2) is 15.8 Å². The first kappa shape index (κ1) is 16.6. The molecular formula is C12H17N3O6. The van der Waals surface area contributed by atoms with Gasteiger partial charge in [0.05, 0.1) is 11.1 Å². The Morgan fingerprint density at radius 2 is 1.90 bits per heavy atom. The van der Waals surface area contributed by atoms with Gasteiger partial charge >= 0.3 is 22.9 Å². The van der Waals surface area contributed by atoms with Crippen LogP contribution in [0.4, 0.5) is 5.69 Å². The molecule has 9 heteroatoms. The van der Waals surface area contributed by atoms with E-state index in [-0.39, 0.29) is 0 Å². The highest BCUT2D eigenvalue weighted by molar-refractivity contribution is 5.74. The van der Waals surface area contributed by atoms with E-state index in [1.807, 2.05) is 0 Å². The maximum absolute atomic E-state index is 12.0. The molecule has 1 aromatic heterocycles. The van der Waals surface area contributed by atoms with Crippen LogP contribution in [0.5, 0.6) is 0 Å². The number of esters is 1. The van der Waals surface area contributed by atoms with Crippen molar-refractivity contribution in [3.63, 3.8) is 0 Å². The van der Waals surface area contributed by atoms with E-state index in [2.05, 4.69) is 0 Å². The molecule has 1 unspecified atom stereocenters. The van der Waals surface area contributed by atoms with Crippen molar-refractivity contribution in [2.24, 2.45) is 7.05 Å². The Kier molecular flexibility index (Phi) is 4.35. The summed E-state index contributed by atoms with van der Waals surface area (Å²) in [6.07, 6.45) is 0.822. The van der Waals surface area contributed by atoms with Gasteiger partial charge in [0.25, 0.3) is 0 Å². The van der Waals surface area contributed by atoms with Crippen molar-refractivity contribution in [1.29, 1.82) is 0 Å². The Morgan fingerprint density at radius 3 is 2.33 bits per heavy atom. The number of carbonyl (C=O) groups excluding carboxylic acids is 1. The van der Waals surface area contributed by atoms with Gasteiger partial charge in [-0.25, -0.2) is 14.2 Å². The molecule has 116 valence electrons. The first-order valence-corrected chi connectivity index (χ1v) is 6.15. The van der Waals surface area contributed by atoms with Gasteiger partial charge in [-0.2, -0.15) is 0 Å². The van der Waals surface area contributed by atoms with Gasteiger partial charge < -0.3 is 4.74 Å². The van der Waals surface area contributed by atoms with E-state index in [9.17, 15) is 24.5 Å². The van der Waals surface area contributed by atoms with E-state index in [1.165, 1.54) is 14.0 Å². The summed E-state index contributed by atoms with van der Waals surface area (Å²) >= 11 is 0. The third kappa shape index (κ3) is 3.56. The van der Waals surface area contributed by atoms with E-state index < -0.39 is 39.5 Å². The van der Waals surface area contributed by atoms with E-state index in [1.54, 1.807) is 20.8 Å². The summed E-state index contributed by atoms with van der Waals surface area (Å²) in [5.74, 6) is -0.817. The molecule has 0 aliphatic heterocycles. The molecule has 21 heavy (non-hydrogen) atoms. The summed E-state index contributed by atoms with van der Waals surface area (Å²) in [4.78, 5) is 45.8. The topological polar surface area (TPSA) is 113 Å². The number of aromatic nitrogens is 2. The van der Waals surface area contributed by atoms with Crippen molar-refractivity contribution in [2.45, 2.75) is 39.3 Å². The van der Waals surface area contributed by atoms with Crippen molar-refractivity contribution in [2.75, 3.05) is 0 Å². The van der Waals surface area contributed by atoms with E-state index in [4.69, 9.17) is 4.74 Å². The molecule has 0 amide bonds. The molecule has 0 N–H and O–H groups in total. The first-order chi connectivity index (χ1) is 9.45. The molecule has 0 aliphatic carbocycles. The fourth-order valence-corrected chi connectivity index (χ4v) is 1.63. The highest BCUT2D eigenvalue weighted by atomic mass is 16.6. The van der Waals surface area contributed by atoms with Crippen molar-refractivity contribution >= 4 is 11.7 Å². The molecule has 0 saturated heterocycles. The highest BCUT2D eigenvalue weighted by Crippen LogP contribution is 2.13. The van der Waals surface area contributed by atoms with Crippen molar-refractivity contribution in [1.82, 2.24) is 9.13 Å². The summed E-state index contributed by atoms with van der Waals surface area (Å²) in [6, 6.07) is -1.27. The van der Waals surface area contributed by atoms with Crippen LogP contribution in [0.25, 0.3) is 0 Å². The zero-order chi connectivity index (χ0) is 16.5. The third-order valence-electron chi connectivity index (χ3n) is 2.59. The average molecular weight is 299 g/mol. The van der Waals surface area contributed by atoms with E-state index >= 15 is 0 Å². The van der Waals surface area contributed by atoms with Crippen molar-refractivity contribution in [3.05, 3.63) is 37.1 Å². The van der Waals surface area contributed by atoms with Crippen LogP contribution in [0.3, 0.4) is 0 Å². The van der Waals surface area contributed by atoms with Crippen LogP contribution in [-0.2, 0) is 16.6 Å². The summed E-state index contributed by atoms with van der Waals surface area (Å²) < 4.78 is 6.48. The molecule has 0 bridgehead atoms. The van der Waals surface area contributed by atoms with Gasteiger partial charge in [-0.15, -0.1) is 0 Å². The minimum atomic E-state index is -1.27. The van der Waals surface area contributed by atoms with E-state index in [0.717, 1.165) is 10.8 Å². The number of aryl methyl sites for hydroxylation is 1. The lowest BCUT2D eigenvalue weighted by molar-refractivity contribution is -0.387. The first-order valence-electron chi connectivity index (χ1n) is 6.15. The lowest BCUT2D eigenvalue weighted by atomic mass is 10.2. The van der Waals surface area contributed by atoms with Gasteiger partial charge in [0, 0.05) is 7.05 Å². The summed E-state index contributed by atoms with van der Waals surface area (Å²) in [5, 5.41) is 10.8. The normalized spacial score (nSPS) is 12.8. The number of carbonyl (C=O) groups is 1. The summed E-state index contributed by atoms with van der Waals surface area (Å²) in [7, 11) is 1.26. The molecule has 0 radical (unpaired) electrons. The Labute approximate surface area is 119 Å². The van der Waals surface area contributed by atoms with Crippen LogP contribution in [0.1, 0.15) is 33.7 Å². The van der Waals surface area contributed by atoms with Crippen LogP contribution < -0.4 is 11.2 Å². The van der Waals surface area contributed by atoms with Gasteiger partial charge in [0.15, 0.2) is 0 Å². The Balaban J connectivity index is 3.43. The second-order valence-corrected chi connectivity index (χ2v) is 5.55. The van der Waals surface area contributed by atoms with Crippen LogP contribution in [0.2, 0.25) is 0 Å². The number of hydrogen-bond donors (Lipinski definition) is 0. The zero-order valence-corrected chi connectivity index (χ0v) is 12.4. The third-order valence-corrected chi connectivity index (χ3v) is 2.59. The van der Waals surface area contributed by atoms with Gasteiger partial charge in [-0.1, -0.05) is 0 Å². The van der Waals surface area contributed by atoms with Gasteiger partial charge in [0.1, 0.15) is 11.6 Å². The molecule has 9 nitrogen and oxygen atoms in total. The number of rotatable bonds is 3. The van der Waals surface area contributed by atoms with Gasteiger partial charge in [-0.3, -0.25) is 19.5 Å². The number of nitro groups is 1. The Bertz CT molecular complexity index is 694. The molecule has 0 fully saturated rings. The minimum Gasteiger partial charge on any atom is -0.458 e. The summed E-state index contributed by atoms with van der Waals surface area (Å²) in [5.41, 5.74) is -3.56. The van der Waals surface area contributed by atoms with E-state index in [0.29, 0.717) is 4.57 Å². The second kappa shape index (κ2) is 5.51. The number of ether oxygens (including phenoxy) is 1. The summed E-state index contributed by atoms with van der Waals surface area (Å²) in [6.45, 7) is 6.17. The smallest absolute Gasteiger partial charge is 0.350 e. The Morgan fingerprint density at radius 1 is 1.38 bits per heavy atom. The fourth-order valence-electron chi connectivity index (χ4n) is 1.63. The van der Waals surface area contributed by atoms with Gasteiger partial charge in [-0.05, 0) is 27.7 Å². The standard InChI is InChI=1S/C12H17N3O6/c1-7(10(17)21-12(2,3)4)14-9(16)8(15(19)20)6-13(5)11(14)18/h6-7H,1-5H3. The lowest BCUT2D eigenvalue weighted by Crippen LogP contribution is -2.44. The predicted molar refractivity (Wildman–Crippen MR) is 73.2 cm³/mol. The molecule has 1 atom stereocenters. The molecule has 0 saturated carbocycles. The molecule has 0 aromatic carbocycles.